The molecule has 8 nitrogen and oxygen atoms in total. The van der Waals surface area contributed by atoms with Crippen molar-refractivity contribution in [3.63, 3.8) is 0 Å². The van der Waals surface area contributed by atoms with Crippen molar-refractivity contribution < 1.29 is 29.0 Å². The van der Waals surface area contributed by atoms with Gasteiger partial charge in [-0.3, -0.25) is 14.9 Å². The largest absolute Gasteiger partial charge is 0.480 e. The molecule has 1 fully saturated rings. The van der Waals surface area contributed by atoms with Crippen LogP contribution in [0.1, 0.15) is 11.1 Å². The third kappa shape index (κ3) is 5.15. The lowest BCUT2D eigenvalue weighted by Crippen LogP contribution is -2.54. The number of aryl methyl sites for hydroxylation is 1. The fourth-order valence-corrected chi connectivity index (χ4v) is 4.78. The Morgan fingerprint density at radius 2 is 1.90 bits per heavy atom. The van der Waals surface area contributed by atoms with E-state index in [2.05, 4.69) is 37.2 Å². The van der Waals surface area contributed by atoms with E-state index in [4.69, 9.17) is 9.84 Å². The number of anilines is 1. The molecule has 1 aliphatic rings. The molecule has 1 aliphatic heterocycles. The molecule has 0 aromatic heterocycles. The predicted molar refractivity (Wildman–Crippen MR) is 128 cm³/mol. The Labute approximate surface area is 207 Å². The van der Waals surface area contributed by atoms with Gasteiger partial charge in [-0.2, -0.15) is 0 Å². The lowest BCUT2D eigenvalue weighted by molar-refractivity contribution is -0.139. The van der Waals surface area contributed by atoms with E-state index in [1.807, 2.05) is 29.5 Å². The van der Waals surface area contributed by atoms with Gasteiger partial charge in [0, 0.05) is 4.47 Å². The van der Waals surface area contributed by atoms with Crippen molar-refractivity contribution in [1.29, 1.82) is 0 Å². The number of nitrogens with zero attached hydrogens (tertiary/aromatic N) is 1. The van der Waals surface area contributed by atoms with Crippen LogP contribution in [0.25, 0.3) is 6.08 Å². The highest BCUT2D eigenvalue weighted by atomic mass is 127. The highest BCUT2D eigenvalue weighted by molar-refractivity contribution is 14.1. The van der Waals surface area contributed by atoms with Crippen LogP contribution < -0.4 is 15.0 Å². The summed E-state index contributed by atoms with van der Waals surface area (Å²) >= 11 is 8.63. The fraction of sp³-hybridized carbons (Fsp3) is 0.100. The minimum Gasteiger partial charge on any atom is -0.480 e. The number of imide groups is 2. The molecule has 0 atom stereocenters. The van der Waals surface area contributed by atoms with Crippen molar-refractivity contribution in [2.75, 3.05) is 11.5 Å². The molecule has 2 N–H and O–H groups in total. The molecule has 1 saturated heterocycles. The number of benzene rings is 2. The Kier molecular flexibility index (Phi) is 7.17. The van der Waals surface area contributed by atoms with Gasteiger partial charge < -0.3 is 9.84 Å². The van der Waals surface area contributed by atoms with Gasteiger partial charge in [0.1, 0.15) is 11.3 Å². The molecule has 2 aromatic carbocycles. The van der Waals surface area contributed by atoms with Crippen LogP contribution in [0.2, 0.25) is 0 Å². The van der Waals surface area contributed by atoms with Crippen LogP contribution in [0.3, 0.4) is 0 Å². The van der Waals surface area contributed by atoms with Gasteiger partial charge in [-0.25, -0.2) is 14.5 Å². The van der Waals surface area contributed by atoms with Crippen molar-refractivity contribution in [1.82, 2.24) is 5.32 Å². The van der Waals surface area contributed by atoms with E-state index in [1.54, 1.807) is 30.3 Å². The summed E-state index contributed by atoms with van der Waals surface area (Å²) in [5.74, 6) is -2.36. The Morgan fingerprint density at radius 1 is 1.19 bits per heavy atom. The second-order valence-corrected chi connectivity index (χ2v) is 9.26. The van der Waals surface area contributed by atoms with Gasteiger partial charge in [-0.1, -0.05) is 15.9 Å². The summed E-state index contributed by atoms with van der Waals surface area (Å²) < 4.78 is 7.09. The highest BCUT2D eigenvalue weighted by Crippen LogP contribution is 2.33. The molecule has 0 bridgehead atoms. The highest BCUT2D eigenvalue weighted by Gasteiger charge is 2.37. The number of carbonyl (C=O) groups is 4. The second-order valence-electron chi connectivity index (χ2n) is 6.39. The third-order valence-electron chi connectivity index (χ3n) is 4.17. The summed E-state index contributed by atoms with van der Waals surface area (Å²) in [4.78, 5) is 49.4. The Morgan fingerprint density at radius 3 is 2.52 bits per heavy atom. The average Bonchev–Trinajstić information content (AvgIpc) is 2.67. The van der Waals surface area contributed by atoms with Crippen LogP contribution in [0.4, 0.5) is 10.5 Å². The number of halogens is 3. The lowest BCUT2D eigenvalue weighted by atomic mass is 10.1. The standard InChI is InChI=1S/C20H13Br2IN2O6/c1-9-4-11(2-3-13(9)21)25-19(29)12(18(28)24-20(25)30)5-10-6-14(22)17(15(23)7-10)31-8-16(26)27/h2-7H,8H2,1H3,(H,26,27)(H,24,28,30)/b12-5+. The van der Waals surface area contributed by atoms with Gasteiger partial charge >= 0.3 is 12.0 Å². The molecule has 2 aromatic rings. The van der Waals surface area contributed by atoms with Gasteiger partial charge in [0.2, 0.25) is 0 Å². The number of nitrogens with one attached hydrogen (secondary N) is 1. The molecular formula is C20H13Br2IN2O6. The Balaban J connectivity index is 1.98. The normalized spacial score (nSPS) is 15.3. The number of urea groups is 1. The maximum Gasteiger partial charge on any atom is 0.341 e. The SMILES string of the molecule is Cc1cc(N2C(=O)NC(=O)/C(=C\c3cc(Br)c(OCC(=O)O)c(I)c3)C2=O)ccc1Br. The zero-order valence-electron chi connectivity index (χ0n) is 15.7. The molecule has 0 spiro atoms. The number of ether oxygens (including phenoxy) is 1. The first-order valence-corrected chi connectivity index (χ1v) is 11.3. The summed E-state index contributed by atoms with van der Waals surface area (Å²) in [5, 5.41) is 11.0. The maximum atomic E-state index is 13.0. The molecule has 0 saturated carbocycles. The van der Waals surface area contributed by atoms with E-state index >= 15 is 0 Å². The quantitative estimate of drug-likeness (QED) is 0.281. The number of rotatable bonds is 5. The predicted octanol–water partition coefficient (Wildman–Crippen LogP) is 4.25. The number of carboxylic acid groups (broad SMARTS) is 1. The number of barbiturate groups is 1. The number of carboxylic acids is 1. The van der Waals surface area contributed by atoms with E-state index in [1.165, 1.54) is 6.08 Å². The lowest BCUT2D eigenvalue weighted by Gasteiger charge is -2.26. The number of hydrogen-bond donors (Lipinski definition) is 2. The first-order valence-electron chi connectivity index (χ1n) is 8.59. The van der Waals surface area contributed by atoms with E-state index in [-0.39, 0.29) is 5.57 Å². The van der Waals surface area contributed by atoms with Crippen LogP contribution in [-0.4, -0.2) is 35.5 Å². The maximum absolute atomic E-state index is 13.0. The van der Waals surface area contributed by atoms with Gasteiger partial charge in [0.15, 0.2) is 6.61 Å². The first kappa shape index (κ1) is 23.4. The van der Waals surface area contributed by atoms with E-state index in [0.29, 0.717) is 25.0 Å². The fourth-order valence-electron chi connectivity index (χ4n) is 2.76. The molecule has 11 heteroatoms. The zero-order valence-corrected chi connectivity index (χ0v) is 21.1. The van der Waals surface area contributed by atoms with E-state index < -0.39 is 30.4 Å². The third-order valence-corrected chi connectivity index (χ3v) is 6.45. The summed E-state index contributed by atoms with van der Waals surface area (Å²) in [5.41, 5.74) is 1.41. The Hall–Kier alpha value is -2.25. The van der Waals surface area contributed by atoms with Crippen LogP contribution in [0.15, 0.2) is 44.9 Å². The zero-order chi connectivity index (χ0) is 22.9. The summed E-state index contributed by atoms with van der Waals surface area (Å²) in [6.45, 7) is 1.30. The monoisotopic (exact) mass is 662 g/mol. The average molecular weight is 664 g/mol. The summed E-state index contributed by atoms with van der Waals surface area (Å²) in [6, 6.07) is 7.33. The van der Waals surface area contributed by atoms with Crippen LogP contribution in [0.5, 0.6) is 5.75 Å². The van der Waals surface area contributed by atoms with Crippen molar-refractivity contribution in [2.24, 2.45) is 0 Å². The van der Waals surface area contributed by atoms with Gasteiger partial charge in [0.25, 0.3) is 11.8 Å². The first-order chi connectivity index (χ1) is 14.6. The minimum atomic E-state index is -1.12. The van der Waals surface area contributed by atoms with Gasteiger partial charge in [0.05, 0.1) is 13.7 Å². The molecule has 0 radical (unpaired) electrons. The molecule has 0 unspecified atom stereocenters. The minimum absolute atomic E-state index is 0.220. The Bertz CT molecular complexity index is 1140. The molecule has 0 aliphatic carbocycles. The topological polar surface area (TPSA) is 113 Å². The molecular weight excluding hydrogens is 651 g/mol. The number of hydrogen-bond acceptors (Lipinski definition) is 5. The van der Waals surface area contributed by atoms with Crippen LogP contribution >= 0.6 is 54.5 Å². The number of carbonyl (C=O) groups excluding carboxylic acids is 3. The van der Waals surface area contributed by atoms with Gasteiger partial charge in [-0.15, -0.1) is 0 Å². The van der Waals surface area contributed by atoms with Gasteiger partial charge in [-0.05, 0) is 93.0 Å². The summed E-state index contributed by atoms with van der Waals surface area (Å²) in [7, 11) is 0. The molecule has 4 amide bonds. The number of aliphatic carboxylic acids is 1. The summed E-state index contributed by atoms with van der Waals surface area (Å²) in [6.07, 6.45) is 1.36. The molecule has 1 heterocycles. The van der Waals surface area contributed by atoms with Crippen molar-refractivity contribution in [2.45, 2.75) is 6.92 Å². The van der Waals surface area contributed by atoms with Crippen molar-refractivity contribution in [3.05, 3.63) is 59.5 Å². The van der Waals surface area contributed by atoms with Crippen LogP contribution in [-0.2, 0) is 14.4 Å². The van der Waals surface area contributed by atoms with Crippen LogP contribution in [0, 0.1) is 10.5 Å². The second kappa shape index (κ2) is 9.49. The van der Waals surface area contributed by atoms with Crippen molar-refractivity contribution in [3.8, 4) is 5.75 Å². The smallest absolute Gasteiger partial charge is 0.341 e. The van der Waals surface area contributed by atoms with E-state index in [0.717, 1.165) is 14.9 Å². The molecule has 160 valence electrons. The molecule has 31 heavy (non-hydrogen) atoms. The molecule has 3 rings (SSSR count). The number of amides is 4. The van der Waals surface area contributed by atoms with E-state index in [9.17, 15) is 19.2 Å². The van der Waals surface area contributed by atoms with Crippen molar-refractivity contribution >= 4 is 90.0 Å².